The maximum Gasteiger partial charge on any atom is 0.418 e. The predicted octanol–water partition coefficient (Wildman–Crippen LogP) is 6.10. The Balaban J connectivity index is 1.76. The summed E-state index contributed by atoms with van der Waals surface area (Å²) < 4.78 is 12.2. The predicted molar refractivity (Wildman–Crippen MR) is 135 cm³/mol. The van der Waals surface area contributed by atoms with Gasteiger partial charge in [0.05, 0.1) is 12.6 Å². The Hall–Kier alpha value is -3.70. The van der Waals surface area contributed by atoms with Crippen molar-refractivity contribution >= 4 is 12.0 Å². The third-order valence-corrected chi connectivity index (χ3v) is 6.35. The van der Waals surface area contributed by atoms with Crippen LogP contribution in [0.15, 0.2) is 103 Å². The number of benzene rings is 3. The lowest BCUT2D eigenvalue weighted by atomic mass is 9.75. The molecule has 4 rings (SSSR count). The molecule has 2 amide bonds. The van der Waals surface area contributed by atoms with Crippen LogP contribution in [0.5, 0.6) is 0 Å². The van der Waals surface area contributed by atoms with Crippen molar-refractivity contribution in [3.05, 3.63) is 120 Å². The van der Waals surface area contributed by atoms with Crippen LogP contribution in [0.2, 0.25) is 0 Å². The molecule has 1 fully saturated rings. The number of rotatable bonds is 8. The zero-order chi connectivity index (χ0) is 25.0. The molecule has 1 heterocycles. The number of carbonyl (C=O) groups excluding carboxylic acids is 2. The first-order valence-electron chi connectivity index (χ1n) is 11.8. The van der Waals surface area contributed by atoms with Gasteiger partial charge >= 0.3 is 6.09 Å². The fourth-order valence-electron chi connectivity index (χ4n) is 4.84. The lowest BCUT2D eigenvalue weighted by Crippen LogP contribution is -2.52. The van der Waals surface area contributed by atoms with Crippen LogP contribution < -0.4 is 0 Å². The lowest BCUT2D eigenvalue weighted by molar-refractivity contribution is -0.141. The number of carbonyl (C=O) groups is 2. The van der Waals surface area contributed by atoms with Gasteiger partial charge in [0.2, 0.25) is 0 Å². The van der Waals surface area contributed by atoms with E-state index in [9.17, 15) is 9.59 Å². The molecule has 2 atom stereocenters. The van der Waals surface area contributed by atoms with Gasteiger partial charge in [-0.05, 0) is 24.0 Å². The normalized spacial score (nSPS) is 17.8. The fourth-order valence-corrected chi connectivity index (χ4v) is 4.84. The zero-order valence-electron chi connectivity index (χ0n) is 20.4. The summed E-state index contributed by atoms with van der Waals surface area (Å²) >= 11 is 0. The number of hydrogen-bond donors (Lipinski definition) is 0. The number of ether oxygens (including phenoxy) is 2. The van der Waals surface area contributed by atoms with Crippen molar-refractivity contribution in [2.75, 3.05) is 0 Å². The van der Waals surface area contributed by atoms with Crippen molar-refractivity contribution in [1.82, 2.24) is 4.90 Å². The summed E-state index contributed by atoms with van der Waals surface area (Å²) in [6, 6.07) is 28.2. The summed E-state index contributed by atoms with van der Waals surface area (Å²) in [6.45, 7) is 9.93. The Labute approximate surface area is 207 Å². The maximum absolute atomic E-state index is 13.9. The highest BCUT2D eigenvalue weighted by molar-refractivity contribution is 5.98. The van der Waals surface area contributed by atoms with Crippen molar-refractivity contribution in [3.63, 3.8) is 0 Å². The van der Waals surface area contributed by atoms with E-state index < -0.39 is 29.7 Å². The Kier molecular flexibility index (Phi) is 7.17. The molecule has 0 unspecified atom stereocenters. The first-order chi connectivity index (χ1) is 16.9. The molecule has 5 nitrogen and oxygen atoms in total. The zero-order valence-corrected chi connectivity index (χ0v) is 20.4. The van der Waals surface area contributed by atoms with Crippen LogP contribution in [0.4, 0.5) is 4.79 Å². The van der Waals surface area contributed by atoms with E-state index in [1.165, 1.54) is 4.90 Å². The number of amides is 2. The van der Waals surface area contributed by atoms with Gasteiger partial charge in [-0.1, -0.05) is 111 Å². The summed E-state index contributed by atoms with van der Waals surface area (Å²) in [5, 5.41) is 0. The van der Waals surface area contributed by atoms with Crippen molar-refractivity contribution in [2.24, 2.45) is 5.92 Å². The third kappa shape index (κ3) is 4.64. The molecule has 35 heavy (non-hydrogen) atoms. The number of cyclic esters (lactones) is 1. The summed E-state index contributed by atoms with van der Waals surface area (Å²) in [7, 11) is 0. The molecule has 0 saturated carbocycles. The molecule has 3 aromatic rings. The van der Waals surface area contributed by atoms with Gasteiger partial charge in [0.25, 0.3) is 5.91 Å². The molecule has 5 heteroatoms. The molecule has 0 aliphatic carbocycles. The first-order valence-corrected chi connectivity index (χ1v) is 11.8. The Bertz CT molecular complexity index is 1140. The highest BCUT2D eigenvalue weighted by atomic mass is 16.6. The van der Waals surface area contributed by atoms with Crippen LogP contribution in [0.3, 0.4) is 0 Å². The monoisotopic (exact) mass is 469 g/mol. The molecule has 0 bridgehead atoms. The topological polar surface area (TPSA) is 55.8 Å². The number of nitrogens with zero attached hydrogens (tertiary/aromatic N) is 1. The largest absolute Gasteiger partial charge is 0.430 e. The molecule has 180 valence electrons. The fraction of sp³-hybridized carbons (Fsp3) is 0.267. The van der Waals surface area contributed by atoms with Crippen LogP contribution in [-0.4, -0.2) is 29.0 Å². The minimum absolute atomic E-state index is 0.106. The number of imide groups is 1. The minimum atomic E-state index is -1.15. The van der Waals surface area contributed by atoms with Gasteiger partial charge in [0, 0.05) is 11.1 Å². The molecule has 1 aliphatic rings. The summed E-state index contributed by atoms with van der Waals surface area (Å²) in [5.41, 5.74) is 1.93. The summed E-state index contributed by atoms with van der Waals surface area (Å²) in [6.07, 6.45) is -1.66. The SMILES string of the molecule is C=C(C)[C@H](OCc1ccccc1)C(=O)N1C(=O)OC(c2ccccc2)(c2ccccc2)[C@@H]1C(C)C. The van der Waals surface area contributed by atoms with Crippen LogP contribution >= 0.6 is 0 Å². The van der Waals surface area contributed by atoms with Gasteiger partial charge in [-0.2, -0.15) is 0 Å². The van der Waals surface area contributed by atoms with Crippen molar-refractivity contribution < 1.29 is 19.1 Å². The average Bonchev–Trinajstić information content (AvgIpc) is 3.20. The first kappa shape index (κ1) is 24.4. The highest BCUT2D eigenvalue weighted by Gasteiger charge is 2.60. The molecular weight excluding hydrogens is 438 g/mol. The minimum Gasteiger partial charge on any atom is -0.430 e. The van der Waals surface area contributed by atoms with E-state index in [0.717, 1.165) is 16.7 Å². The van der Waals surface area contributed by atoms with Gasteiger partial charge in [0.1, 0.15) is 0 Å². The summed E-state index contributed by atoms with van der Waals surface area (Å²) in [4.78, 5) is 28.7. The van der Waals surface area contributed by atoms with E-state index >= 15 is 0 Å². The van der Waals surface area contributed by atoms with E-state index in [-0.39, 0.29) is 12.5 Å². The molecule has 0 aromatic heterocycles. The average molecular weight is 470 g/mol. The number of hydrogen-bond acceptors (Lipinski definition) is 4. The highest BCUT2D eigenvalue weighted by Crippen LogP contribution is 2.47. The standard InChI is InChI=1S/C30H31NO4/c1-21(2)26(34-20-23-14-8-5-9-15-23)28(32)31-27(22(3)4)30(35-29(31)33,24-16-10-6-11-17-24)25-18-12-7-13-19-25/h5-19,22,26-27H,1,20H2,2-4H3/t26-,27-/m0/s1. The smallest absolute Gasteiger partial charge is 0.418 e. The second-order valence-corrected chi connectivity index (χ2v) is 9.26. The quantitative estimate of drug-likeness (QED) is 0.374. The molecule has 0 N–H and O–H groups in total. The molecule has 1 saturated heterocycles. The van der Waals surface area contributed by atoms with Crippen LogP contribution in [-0.2, 0) is 26.5 Å². The van der Waals surface area contributed by atoms with Gasteiger partial charge in [0.15, 0.2) is 11.7 Å². The van der Waals surface area contributed by atoms with E-state index in [4.69, 9.17) is 9.47 Å². The Morgan fingerprint density at radius 1 is 0.943 bits per heavy atom. The van der Waals surface area contributed by atoms with E-state index in [0.29, 0.717) is 5.57 Å². The second-order valence-electron chi connectivity index (χ2n) is 9.26. The van der Waals surface area contributed by atoms with Crippen LogP contribution in [0, 0.1) is 5.92 Å². The van der Waals surface area contributed by atoms with E-state index in [1.54, 1.807) is 6.92 Å². The second kappa shape index (κ2) is 10.3. The lowest BCUT2D eigenvalue weighted by Gasteiger charge is -2.38. The van der Waals surface area contributed by atoms with E-state index in [1.807, 2.05) is 105 Å². The van der Waals surface area contributed by atoms with Gasteiger partial charge in [-0.25, -0.2) is 9.69 Å². The maximum atomic E-state index is 13.9. The molecule has 0 spiro atoms. The Morgan fingerprint density at radius 3 is 1.89 bits per heavy atom. The van der Waals surface area contributed by atoms with Crippen LogP contribution in [0.1, 0.15) is 37.5 Å². The summed E-state index contributed by atoms with van der Waals surface area (Å²) in [5.74, 6) is -0.573. The van der Waals surface area contributed by atoms with E-state index in [2.05, 4.69) is 6.58 Å². The van der Waals surface area contributed by atoms with Gasteiger partial charge in [-0.15, -0.1) is 0 Å². The van der Waals surface area contributed by atoms with Crippen LogP contribution in [0.25, 0.3) is 0 Å². The van der Waals surface area contributed by atoms with Crippen molar-refractivity contribution in [1.29, 1.82) is 0 Å². The molecule has 0 radical (unpaired) electrons. The molecule has 3 aromatic carbocycles. The van der Waals surface area contributed by atoms with Gasteiger partial charge < -0.3 is 9.47 Å². The van der Waals surface area contributed by atoms with Gasteiger partial charge in [-0.3, -0.25) is 4.79 Å². The van der Waals surface area contributed by atoms with Crippen molar-refractivity contribution in [2.45, 2.75) is 45.1 Å². The molecule has 1 aliphatic heterocycles. The molecular formula is C30H31NO4. The Morgan fingerprint density at radius 2 is 1.43 bits per heavy atom. The van der Waals surface area contributed by atoms with Crippen molar-refractivity contribution in [3.8, 4) is 0 Å². The third-order valence-electron chi connectivity index (χ3n) is 6.35.